The maximum absolute atomic E-state index is 4.76. The zero-order chi connectivity index (χ0) is 11.5. The van der Waals surface area contributed by atoms with Crippen LogP contribution in [-0.2, 0) is 13.1 Å². The normalized spacial score (nSPS) is 9.31. The number of rotatable bonds is 3. The van der Waals surface area contributed by atoms with E-state index in [2.05, 4.69) is 16.9 Å². The topological polar surface area (TPSA) is 58.4 Å². The molecule has 0 fully saturated rings. The summed E-state index contributed by atoms with van der Waals surface area (Å²) >= 11 is 0.194. The van der Waals surface area contributed by atoms with Crippen molar-refractivity contribution in [3.8, 4) is 0 Å². The van der Waals surface area contributed by atoms with Crippen molar-refractivity contribution in [2.45, 2.75) is 0 Å². The molecule has 1 heterocycles. The van der Waals surface area contributed by atoms with E-state index >= 15 is 0 Å². The minimum atomic E-state index is 0. The van der Waals surface area contributed by atoms with Gasteiger partial charge in [-0.2, -0.15) is 0 Å². The molecule has 91 valence electrons. The number of hydrogen-bond acceptors (Lipinski definition) is 2. The van der Waals surface area contributed by atoms with Crippen LogP contribution in [0.5, 0.6) is 0 Å². The first kappa shape index (κ1) is 17.9. The van der Waals surface area contributed by atoms with Gasteiger partial charge in [0, 0.05) is 13.2 Å². The Kier molecular flexibility index (Phi) is 14.0. The van der Waals surface area contributed by atoms with Crippen LogP contribution in [0.25, 0.3) is 11.8 Å². The molecule has 0 aliphatic rings. The summed E-state index contributed by atoms with van der Waals surface area (Å²) in [6.07, 6.45) is 5.40. The fraction of sp³-hybridized carbons (Fsp3) is 0.100. The van der Waals surface area contributed by atoms with Crippen molar-refractivity contribution in [2.24, 2.45) is 0 Å². The minimum Gasteiger partial charge on any atom is -0.693 e. The molecule has 0 spiro atoms. The molecule has 0 amide bonds. The largest absolute Gasteiger partial charge is 0.693 e. The summed E-state index contributed by atoms with van der Waals surface area (Å²) in [7, 11) is 11.4. The summed E-state index contributed by atoms with van der Waals surface area (Å²) in [5, 5.41) is 3.05. The maximum atomic E-state index is 4.76. The van der Waals surface area contributed by atoms with Gasteiger partial charge in [-0.05, 0) is 18.2 Å². The second-order valence-corrected chi connectivity index (χ2v) is 4.16. The van der Waals surface area contributed by atoms with Crippen LogP contribution in [0.1, 0.15) is 5.69 Å². The van der Waals surface area contributed by atoms with E-state index in [1.165, 1.54) is 0 Å². The smallest absolute Gasteiger partial charge is 0.693 e. The molecule has 1 aromatic heterocycles. The van der Waals surface area contributed by atoms with Crippen molar-refractivity contribution in [1.82, 2.24) is 10.3 Å². The Morgan fingerprint density at radius 1 is 1.50 bits per heavy atom. The van der Waals surface area contributed by atoms with E-state index < -0.39 is 0 Å². The average Bonchev–Trinajstić information content (AvgIpc) is 2.28. The zero-order valence-corrected chi connectivity index (χ0v) is 11.4. The van der Waals surface area contributed by atoms with Crippen molar-refractivity contribution < 1.29 is 13.1 Å². The molecule has 0 atom stereocenters. The second kappa shape index (κ2) is 12.6. The summed E-state index contributed by atoms with van der Waals surface area (Å²) in [5.74, 6) is 0. The molecule has 0 radical (unpaired) electrons. The van der Waals surface area contributed by atoms with E-state index in [4.69, 9.17) is 20.2 Å². The molecule has 0 saturated heterocycles. The molecule has 0 aliphatic carbocycles. The third kappa shape index (κ3) is 7.74. The number of halogens is 2. The maximum Gasteiger partial charge on any atom is -0.693 e. The monoisotopic (exact) mass is 302 g/mol. The van der Waals surface area contributed by atoms with Crippen LogP contribution in [0.4, 0.5) is 0 Å². The predicted molar refractivity (Wildman–Crippen MR) is 68.5 cm³/mol. The number of allylic oxidation sites excluding steroid dienone is 2. The van der Waals surface area contributed by atoms with Crippen molar-refractivity contribution in [2.75, 3.05) is 7.05 Å². The predicted octanol–water partition coefficient (Wildman–Crippen LogP) is 3.92. The quantitative estimate of drug-likeness (QED) is 0.679. The van der Waals surface area contributed by atoms with Gasteiger partial charge in [0.05, 0.1) is 11.4 Å². The van der Waals surface area contributed by atoms with Gasteiger partial charge in [-0.15, -0.1) is 0 Å². The first-order valence-corrected chi connectivity index (χ1v) is 7.11. The standard InChI is InChI=1S/C10H12N2.2ClH.Fe.H2N/c1-3-6-9(11-2)10-7-4-5-8-12-10;;;;/h3-8,11H,1H2,2H3;2*1H;;1H2/q;;;+3;-1/p-2. The zero-order valence-electron chi connectivity index (χ0n) is 8.81. The summed E-state index contributed by atoms with van der Waals surface area (Å²) in [6, 6.07) is 5.80. The Morgan fingerprint density at radius 3 is 2.50 bits per heavy atom. The van der Waals surface area contributed by atoms with E-state index in [0.29, 0.717) is 0 Å². The Bertz CT molecular complexity index is 304. The number of nitrogens with two attached hydrogens (primary N) is 1. The van der Waals surface area contributed by atoms with Crippen molar-refractivity contribution in [3.05, 3.63) is 55.0 Å². The van der Waals surface area contributed by atoms with Crippen LogP contribution >= 0.6 is 20.2 Å². The van der Waals surface area contributed by atoms with Crippen molar-refractivity contribution >= 4 is 25.9 Å². The number of hydrogen-bond donors (Lipinski definition) is 1. The Labute approximate surface area is 111 Å². The Hall–Kier alpha value is -0.511. The first-order chi connectivity index (χ1) is 7.29. The number of nitrogens with zero attached hydrogens (tertiary/aromatic N) is 1. The molecule has 0 saturated carbocycles. The molecule has 0 aliphatic heterocycles. The summed E-state index contributed by atoms with van der Waals surface area (Å²) < 4.78 is 0. The Morgan fingerprint density at radius 2 is 2.12 bits per heavy atom. The molecule has 3 nitrogen and oxygen atoms in total. The Balaban J connectivity index is 0. The third-order valence-electron chi connectivity index (χ3n) is 1.49. The molecule has 3 N–H and O–H groups in total. The van der Waals surface area contributed by atoms with E-state index in [-0.39, 0.29) is 19.3 Å². The van der Waals surface area contributed by atoms with Gasteiger partial charge >= 0.3 is 33.3 Å². The van der Waals surface area contributed by atoms with Gasteiger partial charge in [-0.1, -0.05) is 18.7 Å². The van der Waals surface area contributed by atoms with Crippen LogP contribution < -0.4 is 5.32 Å². The van der Waals surface area contributed by atoms with Gasteiger partial charge in [0.25, 0.3) is 0 Å². The minimum absolute atomic E-state index is 0. The van der Waals surface area contributed by atoms with Gasteiger partial charge < -0.3 is 11.5 Å². The van der Waals surface area contributed by atoms with Crippen LogP contribution in [0.3, 0.4) is 0 Å². The molecule has 0 bridgehead atoms. The molecule has 1 rings (SSSR count). The molecule has 0 aromatic carbocycles. The van der Waals surface area contributed by atoms with E-state index in [9.17, 15) is 0 Å². The van der Waals surface area contributed by atoms with E-state index in [1.54, 1.807) is 12.3 Å². The van der Waals surface area contributed by atoms with Crippen LogP contribution in [0, 0.1) is 0 Å². The number of aromatic nitrogens is 1. The third-order valence-corrected chi connectivity index (χ3v) is 1.49. The molecule has 1 aromatic rings. The number of nitrogens with one attached hydrogen (secondary N) is 1. The first-order valence-electron chi connectivity index (χ1n) is 4.07. The van der Waals surface area contributed by atoms with E-state index in [1.807, 2.05) is 31.3 Å². The summed E-state index contributed by atoms with van der Waals surface area (Å²) in [5.41, 5.74) is 1.91. The average molecular weight is 303 g/mol. The van der Waals surface area contributed by atoms with Crippen molar-refractivity contribution in [1.29, 1.82) is 0 Å². The van der Waals surface area contributed by atoms with Crippen LogP contribution in [0.15, 0.2) is 43.1 Å². The second-order valence-electron chi connectivity index (χ2n) is 2.33. The van der Waals surface area contributed by atoms with Crippen LogP contribution in [-0.4, -0.2) is 12.0 Å². The van der Waals surface area contributed by atoms with Gasteiger partial charge in [0.1, 0.15) is 0 Å². The summed E-state index contributed by atoms with van der Waals surface area (Å²) in [6.45, 7) is 3.63. The van der Waals surface area contributed by atoms with Gasteiger partial charge in [0.15, 0.2) is 0 Å². The molecular formula is C10H14Cl2FeN3. The van der Waals surface area contributed by atoms with Gasteiger partial charge in [-0.25, -0.2) is 0 Å². The fourth-order valence-electron chi connectivity index (χ4n) is 0.937. The molecule has 16 heavy (non-hydrogen) atoms. The SMILES string of the molecule is C=CC=C(NC)c1ccccn1.[Cl][Fe+][Cl].[NH2-]. The summed E-state index contributed by atoms with van der Waals surface area (Å²) in [4.78, 5) is 4.19. The number of pyridine rings is 1. The molecular weight excluding hydrogens is 289 g/mol. The van der Waals surface area contributed by atoms with Crippen LogP contribution in [0.2, 0.25) is 0 Å². The van der Waals surface area contributed by atoms with E-state index in [0.717, 1.165) is 11.4 Å². The fourth-order valence-corrected chi connectivity index (χ4v) is 0.937. The van der Waals surface area contributed by atoms with Gasteiger partial charge in [-0.3, -0.25) is 4.98 Å². The van der Waals surface area contributed by atoms with Crippen molar-refractivity contribution in [3.63, 3.8) is 0 Å². The van der Waals surface area contributed by atoms with Gasteiger partial charge in [0.2, 0.25) is 0 Å². The molecule has 0 unspecified atom stereocenters. The molecule has 6 heteroatoms.